The van der Waals surface area contributed by atoms with Crippen LogP contribution >= 0.6 is 0 Å². The molecule has 0 radical (unpaired) electrons. The number of amides is 1. The predicted molar refractivity (Wildman–Crippen MR) is 101 cm³/mol. The zero-order valence-electron chi connectivity index (χ0n) is 14.3. The molecule has 0 atom stereocenters. The monoisotopic (exact) mass is 332 g/mol. The minimum Gasteiger partial charge on any atom is -0.484 e. The maximum Gasteiger partial charge on any atom is 0.277 e. The Morgan fingerprint density at radius 3 is 2.60 bits per heavy atom. The minimum atomic E-state index is -0.290. The summed E-state index contributed by atoms with van der Waals surface area (Å²) < 4.78 is 5.46. The lowest BCUT2D eigenvalue weighted by Gasteiger charge is -2.07. The molecule has 4 heteroatoms. The summed E-state index contributed by atoms with van der Waals surface area (Å²) in [6.45, 7) is 3.77. The van der Waals surface area contributed by atoms with E-state index in [9.17, 15) is 4.79 Å². The third kappa shape index (κ3) is 4.44. The molecule has 0 spiro atoms. The van der Waals surface area contributed by atoms with Crippen molar-refractivity contribution in [2.24, 2.45) is 5.10 Å². The van der Waals surface area contributed by atoms with Gasteiger partial charge in [0.2, 0.25) is 0 Å². The van der Waals surface area contributed by atoms with Crippen molar-refractivity contribution in [3.8, 4) is 5.75 Å². The summed E-state index contributed by atoms with van der Waals surface area (Å²) in [4.78, 5) is 11.9. The first kappa shape index (κ1) is 16.7. The van der Waals surface area contributed by atoms with Crippen LogP contribution in [0.15, 0.2) is 71.8 Å². The molecule has 0 unspecified atom stereocenters. The molecule has 3 aromatic carbocycles. The molecular formula is C21H20N2O2. The zero-order valence-corrected chi connectivity index (χ0v) is 14.3. The normalized spacial score (nSPS) is 11.4. The fourth-order valence-corrected chi connectivity index (χ4v) is 2.51. The zero-order chi connectivity index (χ0) is 17.6. The van der Waals surface area contributed by atoms with Crippen molar-refractivity contribution in [1.29, 1.82) is 0 Å². The molecule has 0 saturated carbocycles. The summed E-state index contributed by atoms with van der Waals surface area (Å²) in [5, 5.41) is 6.49. The summed E-state index contributed by atoms with van der Waals surface area (Å²) in [5.74, 6) is 0.382. The van der Waals surface area contributed by atoms with Crippen molar-refractivity contribution >= 4 is 22.4 Å². The number of hydrazone groups is 1. The Labute approximate surface area is 147 Å². The van der Waals surface area contributed by atoms with Crippen molar-refractivity contribution in [1.82, 2.24) is 5.43 Å². The van der Waals surface area contributed by atoms with E-state index in [1.54, 1.807) is 0 Å². The number of carbonyl (C=O) groups is 1. The summed E-state index contributed by atoms with van der Waals surface area (Å²) in [7, 11) is 0. The van der Waals surface area contributed by atoms with E-state index in [-0.39, 0.29) is 12.5 Å². The van der Waals surface area contributed by atoms with E-state index in [0.717, 1.165) is 22.2 Å². The molecule has 0 saturated heterocycles. The van der Waals surface area contributed by atoms with E-state index in [2.05, 4.69) is 28.7 Å². The SMILES string of the molecule is C/C(=N/NC(=O)COc1cccc(C)c1)c1ccc2ccccc2c1. The highest BCUT2D eigenvalue weighted by molar-refractivity contribution is 6.02. The van der Waals surface area contributed by atoms with Gasteiger partial charge in [-0.2, -0.15) is 5.10 Å². The van der Waals surface area contributed by atoms with Crippen LogP contribution in [0, 0.1) is 6.92 Å². The van der Waals surface area contributed by atoms with Gasteiger partial charge in [-0.05, 0) is 53.9 Å². The molecule has 0 aliphatic heterocycles. The van der Waals surface area contributed by atoms with Gasteiger partial charge in [0.1, 0.15) is 5.75 Å². The van der Waals surface area contributed by atoms with Gasteiger partial charge in [0, 0.05) is 0 Å². The van der Waals surface area contributed by atoms with Gasteiger partial charge in [-0.3, -0.25) is 4.79 Å². The molecule has 0 aromatic heterocycles. The highest BCUT2D eigenvalue weighted by Crippen LogP contribution is 2.16. The Morgan fingerprint density at radius 1 is 1.00 bits per heavy atom. The summed E-state index contributed by atoms with van der Waals surface area (Å²) in [6, 6.07) is 21.8. The molecular weight excluding hydrogens is 312 g/mol. The van der Waals surface area contributed by atoms with Gasteiger partial charge in [-0.1, -0.05) is 48.5 Å². The maximum atomic E-state index is 11.9. The summed E-state index contributed by atoms with van der Waals surface area (Å²) in [5.41, 5.74) is 5.34. The van der Waals surface area contributed by atoms with Gasteiger partial charge in [0.05, 0.1) is 5.71 Å². The summed E-state index contributed by atoms with van der Waals surface area (Å²) >= 11 is 0. The second-order valence-corrected chi connectivity index (χ2v) is 5.90. The molecule has 4 nitrogen and oxygen atoms in total. The van der Waals surface area contributed by atoms with Crippen LogP contribution in [0.5, 0.6) is 5.75 Å². The highest BCUT2D eigenvalue weighted by atomic mass is 16.5. The molecule has 25 heavy (non-hydrogen) atoms. The van der Waals surface area contributed by atoms with Crippen molar-refractivity contribution < 1.29 is 9.53 Å². The van der Waals surface area contributed by atoms with Crippen molar-refractivity contribution in [3.63, 3.8) is 0 Å². The number of benzene rings is 3. The minimum absolute atomic E-state index is 0.0715. The molecule has 0 heterocycles. The molecule has 126 valence electrons. The Balaban J connectivity index is 1.60. The van der Waals surface area contributed by atoms with Crippen LogP contribution in [0.1, 0.15) is 18.1 Å². The van der Waals surface area contributed by atoms with Crippen molar-refractivity contribution in [3.05, 3.63) is 77.9 Å². The average molecular weight is 332 g/mol. The van der Waals surface area contributed by atoms with Crippen LogP contribution in [0.2, 0.25) is 0 Å². The number of carbonyl (C=O) groups excluding carboxylic acids is 1. The van der Waals surface area contributed by atoms with Crippen LogP contribution < -0.4 is 10.2 Å². The van der Waals surface area contributed by atoms with Gasteiger partial charge in [0.25, 0.3) is 5.91 Å². The van der Waals surface area contributed by atoms with E-state index in [1.165, 1.54) is 5.39 Å². The number of fused-ring (bicyclic) bond motifs is 1. The van der Waals surface area contributed by atoms with Crippen LogP contribution in [0.4, 0.5) is 0 Å². The van der Waals surface area contributed by atoms with E-state index in [4.69, 9.17) is 4.74 Å². The summed E-state index contributed by atoms with van der Waals surface area (Å²) in [6.07, 6.45) is 0. The van der Waals surface area contributed by atoms with E-state index < -0.39 is 0 Å². The molecule has 3 rings (SSSR count). The number of hydrogen-bond donors (Lipinski definition) is 1. The van der Waals surface area contributed by atoms with Gasteiger partial charge < -0.3 is 4.74 Å². The van der Waals surface area contributed by atoms with Gasteiger partial charge in [-0.15, -0.1) is 0 Å². The lowest BCUT2D eigenvalue weighted by Crippen LogP contribution is -2.25. The molecule has 0 fully saturated rings. The number of rotatable bonds is 5. The largest absolute Gasteiger partial charge is 0.484 e. The second-order valence-electron chi connectivity index (χ2n) is 5.90. The fraction of sp³-hybridized carbons (Fsp3) is 0.143. The Kier molecular flexibility index (Phi) is 5.09. The van der Waals surface area contributed by atoms with Crippen LogP contribution in [0.25, 0.3) is 10.8 Å². The average Bonchev–Trinajstić information content (AvgIpc) is 2.64. The third-order valence-electron chi connectivity index (χ3n) is 3.88. The van der Waals surface area contributed by atoms with Crippen molar-refractivity contribution in [2.75, 3.05) is 6.61 Å². The number of aryl methyl sites for hydroxylation is 1. The van der Waals surface area contributed by atoms with Crippen LogP contribution in [-0.4, -0.2) is 18.2 Å². The van der Waals surface area contributed by atoms with Gasteiger partial charge >= 0.3 is 0 Å². The maximum absolute atomic E-state index is 11.9. The lowest BCUT2D eigenvalue weighted by atomic mass is 10.0. The number of hydrogen-bond acceptors (Lipinski definition) is 3. The standard InChI is InChI=1S/C21H20N2O2/c1-15-6-5-9-20(12-15)25-14-21(24)23-22-16(2)18-11-10-17-7-3-4-8-19(17)13-18/h3-13H,14H2,1-2H3,(H,23,24)/b22-16-. The number of ether oxygens (including phenoxy) is 1. The molecule has 0 aliphatic rings. The third-order valence-corrected chi connectivity index (χ3v) is 3.88. The number of nitrogens with zero attached hydrogens (tertiary/aromatic N) is 1. The van der Waals surface area contributed by atoms with Crippen LogP contribution in [-0.2, 0) is 4.79 Å². The first-order chi connectivity index (χ1) is 12.1. The lowest BCUT2D eigenvalue weighted by molar-refractivity contribution is -0.123. The molecule has 1 amide bonds. The Hall–Kier alpha value is -3.14. The first-order valence-corrected chi connectivity index (χ1v) is 8.13. The molecule has 1 N–H and O–H groups in total. The Bertz CT molecular complexity index is 932. The van der Waals surface area contributed by atoms with E-state index >= 15 is 0 Å². The molecule has 0 bridgehead atoms. The Morgan fingerprint density at radius 2 is 1.80 bits per heavy atom. The van der Waals surface area contributed by atoms with E-state index in [0.29, 0.717) is 5.75 Å². The second kappa shape index (κ2) is 7.62. The van der Waals surface area contributed by atoms with Crippen molar-refractivity contribution in [2.45, 2.75) is 13.8 Å². The number of nitrogens with one attached hydrogen (secondary N) is 1. The highest BCUT2D eigenvalue weighted by Gasteiger charge is 2.04. The predicted octanol–water partition coefficient (Wildman–Crippen LogP) is 4.07. The van der Waals surface area contributed by atoms with E-state index in [1.807, 2.05) is 62.4 Å². The molecule has 3 aromatic rings. The quantitative estimate of drug-likeness (QED) is 0.566. The smallest absolute Gasteiger partial charge is 0.277 e. The van der Waals surface area contributed by atoms with Gasteiger partial charge in [-0.25, -0.2) is 5.43 Å². The topological polar surface area (TPSA) is 50.7 Å². The van der Waals surface area contributed by atoms with Crippen LogP contribution in [0.3, 0.4) is 0 Å². The van der Waals surface area contributed by atoms with Gasteiger partial charge in [0.15, 0.2) is 6.61 Å². The molecule has 0 aliphatic carbocycles. The first-order valence-electron chi connectivity index (χ1n) is 8.13. The fourth-order valence-electron chi connectivity index (χ4n) is 2.51.